The van der Waals surface area contributed by atoms with Gasteiger partial charge in [0.2, 0.25) is 0 Å². The minimum absolute atomic E-state index is 0.0388. The van der Waals surface area contributed by atoms with Gasteiger partial charge < -0.3 is 5.73 Å². The van der Waals surface area contributed by atoms with E-state index in [2.05, 4.69) is 22.5 Å². The zero-order chi connectivity index (χ0) is 10.7. The van der Waals surface area contributed by atoms with E-state index >= 15 is 0 Å². The summed E-state index contributed by atoms with van der Waals surface area (Å²) in [6.45, 7) is 3.56. The largest absolute Gasteiger partial charge is 0.321 e. The summed E-state index contributed by atoms with van der Waals surface area (Å²) in [5.41, 5.74) is 6.53. The molecule has 14 heavy (non-hydrogen) atoms. The first-order valence-electron chi connectivity index (χ1n) is 3.88. The minimum Gasteiger partial charge on any atom is -0.321 e. The van der Waals surface area contributed by atoms with Gasteiger partial charge in [0.15, 0.2) is 0 Å². The molecule has 0 spiro atoms. The van der Waals surface area contributed by atoms with Crippen LogP contribution in [0.5, 0.6) is 0 Å². The number of nitro benzene ring substituents is 1. The Labute approximate surface area is 89.7 Å². The highest BCUT2D eigenvalue weighted by atomic mass is 79.9. The molecular weight excluding hydrogens is 248 g/mol. The molecule has 0 saturated heterocycles. The molecule has 1 rings (SSSR count). The lowest BCUT2D eigenvalue weighted by atomic mass is 10.1. The summed E-state index contributed by atoms with van der Waals surface area (Å²) in [4.78, 5) is 9.99. The number of nitrogens with zero attached hydrogens (tertiary/aromatic N) is 1. The third kappa shape index (κ3) is 2.18. The number of hydrogen-bond acceptors (Lipinski definition) is 3. The van der Waals surface area contributed by atoms with Crippen molar-refractivity contribution in [3.05, 3.63) is 51.0 Å². The summed E-state index contributed by atoms with van der Waals surface area (Å²) in [7, 11) is 0. The van der Waals surface area contributed by atoms with Crippen LogP contribution in [0, 0.1) is 10.1 Å². The molecule has 1 aromatic carbocycles. The number of benzene rings is 1. The Morgan fingerprint density at radius 2 is 2.29 bits per heavy atom. The highest BCUT2D eigenvalue weighted by molar-refractivity contribution is 9.10. The highest BCUT2D eigenvalue weighted by Gasteiger charge is 2.11. The number of rotatable bonds is 3. The van der Waals surface area contributed by atoms with Crippen molar-refractivity contribution in [2.24, 2.45) is 5.73 Å². The van der Waals surface area contributed by atoms with Crippen LogP contribution in [-0.2, 0) is 0 Å². The van der Waals surface area contributed by atoms with Crippen LogP contribution in [0.3, 0.4) is 0 Å². The van der Waals surface area contributed by atoms with Gasteiger partial charge in [-0.05, 0) is 11.6 Å². The molecular formula is C9H9BrN2O2. The predicted molar refractivity (Wildman–Crippen MR) is 57.9 cm³/mol. The number of nitro groups is 1. The van der Waals surface area contributed by atoms with E-state index in [0.717, 1.165) is 5.56 Å². The van der Waals surface area contributed by atoms with Crippen LogP contribution in [0.4, 0.5) is 5.69 Å². The molecule has 0 aliphatic carbocycles. The Morgan fingerprint density at radius 1 is 1.64 bits per heavy atom. The molecule has 4 nitrogen and oxygen atoms in total. The quantitative estimate of drug-likeness (QED) is 0.514. The van der Waals surface area contributed by atoms with E-state index in [1.807, 2.05) is 0 Å². The molecule has 1 atom stereocenters. The minimum atomic E-state index is -0.450. The summed E-state index contributed by atoms with van der Waals surface area (Å²) in [5.74, 6) is 0. The second-order valence-electron chi connectivity index (χ2n) is 2.72. The van der Waals surface area contributed by atoms with Crippen LogP contribution in [-0.4, -0.2) is 4.92 Å². The van der Waals surface area contributed by atoms with Crippen molar-refractivity contribution >= 4 is 21.6 Å². The zero-order valence-electron chi connectivity index (χ0n) is 7.31. The van der Waals surface area contributed by atoms with Gasteiger partial charge in [0.25, 0.3) is 5.69 Å². The molecule has 74 valence electrons. The molecule has 1 aromatic rings. The van der Waals surface area contributed by atoms with Crippen molar-refractivity contribution in [1.29, 1.82) is 0 Å². The van der Waals surface area contributed by atoms with Crippen molar-refractivity contribution in [3.8, 4) is 0 Å². The van der Waals surface area contributed by atoms with Gasteiger partial charge in [-0.1, -0.05) is 22.0 Å². The average Bonchev–Trinajstić information content (AvgIpc) is 2.16. The summed E-state index contributed by atoms with van der Waals surface area (Å²) in [5, 5.41) is 10.4. The molecule has 0 heterocycles. The van der Waals surface area contributed by atoms with E-state index in [4.69, 9.17) is 5.73 Å². The maximum Gasteiger partial charge on any atom is 0.270 e. The Hall–Kier alpha value is -1.20. The molecule has 0 fully saturated rings. The first-order chi connectivity index (χ1) is 6.56. The summed E-state index contributed by atoms with van der Waals surface area (Å²) < 4.78 is 0.624. The monoisotopic (exact) mass is 256 g/mol. The van der Waals surface area contributed by atoms with Gasteiger partial charge in [-0.2, -0.15) is 0 Å². The van der Waals surface area contributed by atoms with E-state index in [-0.39, 0.29) is 11.7 Å². The number of nitrogens with two attached hydrogens (primary N) is 1. The lowest BCUT2D eigenvalue weighted by molar-refractivity contribution is -0.384. The van der Waals surface area contributed by atoms with Crippen LogP contribution in [0.2, 0.25) is 0 Å². The van der Waals surface area contributed by atoms with Gasteiger partial charge >= 0.3 is 0 Å². The van der Waals surface area contributed by atoms with E-state index in [9.17, 15) is 10.1 Å². The van der Waals surface area contributed by atoms with Crippen molar-refractivity contribution in [2.45, 2.75) is 6.04 Å². The molecule has 5 heteroatoms. The third-order valence-electron chi connectivity index (χ3n) is 1.81. The Bertz CT molecular complexity index is 379. The third-order valence-corrected chi connectivity index (χ3v) is 2.49. The number of halogens is 1. The standard InChI is InChI=1S/C9H9BrN2O2/c1-2-9(11)7-4-3-6(12(13)14)5-8(7)10/h2-5,9H,1,11H2/t9-/m1/s1. The summed E-state index contributed by atoms with van der Waals surface area (Å²) in [6, 6.07) is 4.15. The molecule has 0 unspecified atom stereocenters. The van der Waals surface area contributed by atoms with Gasteiger partial charge in [-0.15, -0.1) is 6.58 Å². The topological polar surface area (TPSA) is 69.2 Å². The van der Waals surface area contributed by atoms with Gasteiger partial charge in [-0.25, -0.2) is 0 Å². The Kier molecular flexibility index (Phi) is 3.38. The molecule has 0 aliphatic rings. The van der Waals surface area contributed by atoms with E-state index in [1.165, 1.54) is 12.1 Å². The van der Waals surface area contributed by atoms with E-state index in [0.29, 0.717) is 4.47 Å². The Morgan fingerprint density at radius 3 is 2.71 bits per heavy atom. The lowest BCUT2D eigenvalue weighted by Crippen LogP contribution is -2.07. The van der Waals surface area contributed by atoms with Crippen molar-refractivity contribution in [2.75, 3.05) is 0 Å². The van der Waals surface area contributed by atoms with Gasteiger partial charge in [0.05, 0.1) is 4.92 Å². The Balaban J connectivity index is 3.13. The van der Waals surface area contributed by atoms with Crippen molar-refractivity contribution in [3.63, 3.8) is 0 Å². The van der Waals surface area contributed by atoms with E-state index < -0.39 is 4.92 Å². The zero-order valence-corrected chi connectivity index (χ0v) is 8.90. The highest BCUT2D eigenvalue weighted by Crippen LogP contribution is 2.26. The second-order valence-corrected chi connectivity index (χ2v) is 3.58. The maximum atomic E-state index is 10.4. The molecule has 0 radical (unpaired) electrons. The lowest BCUT2D eigenvalue weighted by Gasteiger charge is -2.08. The van der Waals surface area contributed by atoms with Crippen LogP contribution >= 0.6 is 15.9 Å². The fraction of sp³-hybridized carbons (Fsp3) is 0.111. The van der Waals surface area contributed by atoms with Crippen LogP contribution in [0.25, 0.3) is 0 Å². The van der Waals surface area contributed by atoms with Crippen molar-refractivity contribution in [1.82, 2.24) is 0 Å². The fourth-order valence-electron chi connectivity index (χ4n) is 1.03. The molecule has 0 aromatic heterocycles. The average molecular weight is 257 g/mol. The molecule has 0 saturated carbocycles. The first-order valence-corrected chi connectivity index (χ1v) is 4.67. The normalized spacial score (nSPS) is 12.1. The SMILES string of the molecule is C=C[C@@H](N)c1ccc([N+](=O)[O-])cc1Br. The second kappa shape index (κ2) is 4.34. The first kappa shape index (κ1) is 10.9. The van der Waals surface area contributed by atoms with Gasteiger partial charge in [0.1, 0.15) is 0 Å². The fourth-order valence-corrected chi connectivity index (χ4v) is 1.66. The predicted octanol–water partition coefficient (Wildman–Crippen LogP) is 2.54. The molecule has 2 N–H and O–H groups in total. The van der Waals surface area contributed by atoms with Crippen LogP contribution in [0.1, 0.15) is 11.6 Å². The number of non-ortho nitro benzene ring substituents is 1. The van der Waals surface area contributed by atoms with Crippen LogP contribution in [0.15, 0.2) is 35.3 Å². The van der Waals surface area contributed by atoms with E-state index in [1.54, 1.807) is 12.1 Å². The summed E-state index contributed by atoms with van der Waals surface area (Å²) >= 11 is 3.22. The maximum absolute atomic E-state index is 10.4. The molecule has 0 aliphatic heterocycles. The van der Waals surface area contributed by atoms with Crippen LogP contribution < -0.4 is 5.73 Å². The van der Waals surface area contributed by atoms with Gasteiger partial charge in [-0.3, -0.25) is 10.1 Å². The van der Waals surface area contributed by atoms with Crippen molar-refractivity contribution < 1.29 is 4.92 Å². The van der Waals surface area contributed by atoms with Gasteiger partial charge in [0, 0.05) is 22.6 Å². The summed E-state index contributed by atoms with van der Waals surface area (Å²) in [6.07, 6.45) is 1.58. The molecule has 0 amide bonds. The molecule has 0 bridgehead atoms. The smallest absolute Gasteiger partial charge is 0.270 e. The number of hydrogen-bond donors (Lipinski definition) is 1.